The molecule has 0 fully saturated rings. The van der Waals surface area contributed by atoms with E-state index in [1.807, 2.05) is 42.5 Å². The van der Waals surface area contributed by atoms with E-state index in [-0.39, 0.29) is 17.9 Å². The minimum absolute atomic E-state index is 0.152. The molecule has 144 valence electrons. The van der Waals surface area contributed by atoms with E-state index in [1.54, 1.807) is 18.2 Å². The van der Waals surface area contributed by atoms with Gasteiger partial charge in [-0.1, -0.05) is 30.3 Å². The molecule has 0 spiro atoms. The molecule has 0 aliphatic carbocycles. The molecule has 1 unspecified atom stereocenters. The number of carbonyl (C=O) groups excluding carboxylic acids is 1. The smallest absolute Gasteiger partial charge is 0.251 e. The van der Waals surface area contributed by atoms with E-state index in [4.69, 9.17) is 14.9 Å². The van der Waals surface area contributed by atoms with Crippen LogP contribution in [0.3, 0.4) is 0 Å². The summed E-state index contributed by atoms with van der Waals surface area (Å²) in [6, 6.07) is 18.4. The van der Waals surface area contributed by atoms with Gasteiger partial charge in [-0.25, -0.2) is 0 Å². The molecule has 1 aliphatic rings. The van der Waals surface area contributed by atoms with Gasteiger partial charge in [-0.3, -0.25) is 9.89 Å². The predicted octanol–water partition coefficient (Wildman–Crippen LogP) is 3.18. The van der Waals surface area contributed by atoms with Crippen molar-refractivity contribution in [1.29, 1.82) is 0 Å². The number of H-pyrrole nitrogens is 1. The number of rotatable bonds is 4. The topological polar surface area (TPSA) is 119 Å². The molecule has 29 heavy (non-hydrogen) atoms. The highest BCUT2D eigenvalue weighted by molar-refractivity contribution is 5.95. The Morgan fingerprint density at radius 3 is 2.66 bits per heavy atom. The van der Waals surface area contributed by atoms with E-state index >= 15 is 0 Å². The Kier molecular flexibility index (Phi) is 4.02. The van der Waals surface area contributed by atoms with Crippen LogP contribution in [0, 0.1) is 0 Å². The first-order chi connectivity index (χ1) is 14.2. The maximum Gasteiger partial charge on any atom is 0.251 e. The van der Waals surface area contributed by atoms with Crippen LogP contribution in [0.5, 0.6) is 5.75 Å². The van der Waals surface area contributed by atoms with Crippen LogP contribution < -0.4 is 15.8 Å². The molecule has 0 radical (unpaired) electrons. The summed E-state index contributed by atoms with van der Waals surface area (Å²) in [4.78, 5) is 16.7. The monoisotopic (exact) mass is 387 g/mol. The number of ether oxygens (including phenoxy) is 1. The summed E-state index contributed by atoms with van der Waals surface area (Å²) in [6.45, 7) is 0.435. The highest BCUT2D eigenvalue weighted by Gasteiger charge is 2.25. The molecule has 8 heteroatoms. The van der Waals surface area contributed by atoms with Crippen LogP contribution in [0.1, 0.15) is 22.0 Å². The second-order valence-electron chi connectivity index (χ2n) is 6.66. The SMILES string of the molecule is Nc1n[nH]c(-c2ccc(-c3ccc(C(=O)NC4COc5ccccc54)cc3)o2)n1. The first-order valence-electron chi connectivity index (χ1n) is 9.08. The third-order valence-corrected chi connectivity index (χ3v) is 4.78. The van der Waals surface area contributed by atoms with E-state index < -0.39 is 0 Å². The van der Waals surface area contributed by atoms with E-state index in [9.17, 15) is 4.79 Å². The number of nitrogens with two attached hydrogens (primary N) is 1. The van der Waals surface area contributed by atoms with Crippen molar-refractivity contribution in [2.24, 2.45) is 0 Å². The van der Waals surface area contributed by atoms with Gasteiger partial charge < -0.3 is 20.2 Å². The van der Waals surface area contributed by atoms with Gasteiger partial charge in [-0.05, 0) is 30.3 Å². The Morgan fingerprint density at radius 2 is 1.86 bits per heavy atom. The van der Waals surface area contributed by atoms with Crippen molar-refractivity contribution in [3.8, 4) is 28.7 Å². The van der Waals surface area contributed by atoms with Crippen LogP contribution in [-0.2, 0) is 0 Å². The lowest BCUT2D eigenvalue weighted by atomic mass is 10.1. The highest BCUT2D eigenvalue weighted by Crippen LogP contribution is 2.32. The van der Waals surface area contributed by atoms with Crippen molar-refractivity contribution >= 4 is 11.9 Å². The summed E-state index contributed by atoms with van der Waals surface area (Å²) >= 11 is 0. The lowest BCUT2D eigenvalue weighted by molar-refractivity contribution is 0.0930. The zero-order valence-corrected chi connectivity index (χ0v) is 15.3. The predicted molar refractivity (Wildman–Crippen MR) is 106 cm³/mol. The van der Waals surface area contributed by atoms with Crippen molar-refractivity contribution in [3.63, 3.8) is 0 Å². The number of aromatic amines is 1. The summed E-state index contributed by atoms with van der Waals surface area (Å²) in [7, 11) is 0. The molecule has 2 aromatic heterocycles. The number of fused-ring (bicyclic) bond motifs is 1. The molecule has 3 heterocycles. The minimum Gasteiger partial charge on any atom is -0.491 e. The van der Waals surface area contributed by atoms with Gasteiger partial charge in [0, 0.05) is 16.7 Å². The number of para-hydroxylation sites is 1. The third kappa shape index (κ3) is 3.20. The first-order valence-corrected chi connectivity index (χ1v) is 9.08. The van der Waals surface area contributed by atoms with E-state index in [0.717, 1.165) is 16.9 Å². The van der Waals surface area contributed by atoms with Crippen LogP contribution in [0.2, 0.25) is 0 Å². The van der Waals surface area contributed by atoms with Crippen LogP contribution in [0.15, 0.2) is 65.1 Å². The number of hydrogen-bond acceptors (Lipinski definition) is 6. The first kappa shape index (κ1) is 17.1. The number of aromatic nitrogens is 3. The van der Waals surface area contributed by atoms with Crippen molar-refractivity contribution in [2.75, 3.05) is 12.3 Å². The summed E-state index contributed by atoms with van der Waals surface area (Å²) in [6.07, 6.45) is 0. The van der Waals surface area contributed by atoms with Crippen molar-refractivity contribution in [1.82, 2.24) is 20.5 Å². The Hall–Kier alpha value is -4.07. The summed E-state index contributed by atoms with van der Waals surface area (Å²) in [5.74, 6) is 2.47. The van der Waals surface area contributed by atoms with Gasteiger partial charge in [0.25, 0.3) is 5.91 Å². The highest BCUT2D eigenvalue weighted by atomic mass is 16.5. The number of benzene rings is 2. The van der Waals surface area contributed by atoms with E-state index in [2.05, 4.69) is 20.5 Å². The van der Waals surface area contributed by atoms with Gasteiger partial charge in [0.1, 0.15) is 18.1 Å². The number of nitrogens with one attached hydrogen (secondary N) is 2. The van der Waals surface area contributed by atoms with Crippen molar-refractivity contribution < 1.29 is 13.9 Å². The maximum absolute atomic E-state index is 12.6. The second-order valence-corrected chi connectivity index (χ2v) is 6.66. The number of carbonyl (C=O) groups is 1. The molecular weight excluding hydrogens is 370 g/mol. The van der Waals surface area contributed by atoms with Gasteiger partial charge in [0.2, 0.25) is 5.95 Å². The molecule has 1 amide bonds. The molecule has 4 aromatic rings. The van der Waals surface area contributed by atoms with Crippen molar-refractivity contribution in [3.05, 3.63) is 71.8 Å². The molecule has 0 saturated heterocycles. The van der Waals surface area contributed by atoms with Gasteiger partial charge >= 0.3 is 0 Å². The normalized spacial score (nSPS) is 15.0. The number of amides is 1. The van der Waals surface area contributed by atoms with Crippen LogP contribution >= 0.6 is 0 Å². The lowest BCUT2D eigenvalue weighted by Gasteiger charge is -2.12. The molecule has 2 aromatic carbocycles. The Morgan fingerprint density at radius 1 is 1.07 bits per heavy atom. The number of anilines is 1. The Bertz CT molecular complexity index is 1180. The molecule has 5 rings (SSSR count). The number of furan rings is 1. The zero-order chi connectivity index (χ0) is 19.8. The summed E-state index contributed by atoms with van der Waals surface area (Å²) in [5.41, 5.74) is 7.92. The molecular formula is C21H17N5O3. The minimum atomic E-state index is -0.154. The van der Waals surface area contributed by atoms with E-state index in [0.29, 0.717) is 29.5 Å². The third-order valence-electron chi connectivity index (χ3n) is 4.78. The number of hydrogen-bond donors (Lipinski definition) is 3. The van der Waals surface area contributed by atoms with Gasteiger partial charge in [-0.2, -0.15) is 4.98 Å². The fourth-order valence-corrected chi connectivity index (χ4v) is 3.31. The Labute approximate surface area is 165 Å². The van der Waals surface area contributed by atoms with Crippen LogP contribution in [-0.4, -0.2) is 27.7 Å². The van der Waals surface area contributed by atoms with E-state index in [1.165, 1.54) is 0 Å². The van der Waals surface area contributed by atoms with Gasteiger partial charge in [-0.15, -0.1) is 5.10 Å². The zero-order valence-electron chi connectivity index (χ0n) is 15.3. The summed E-state index contributed by atoms with van der Waals surface area (Å²) < 4.78 is 11.4. The standard InChI is InChI=1S/C21H17N5O3/c22-21-24-19(25-26-21)18-10-9-16(29-18)12-5-7-13(8-6-12)20(27)23-15-11-28-17-4-2-1-3-14(15)17/h1-10,15H,11H2,(H,23,27)(H3,22,24,25,26). The molecule has 1 aliphatic heterocycles. The molecule has 0 saturated carbocycles. The fraction of sp³-hybridized carbons (Fsp3) is 0.0952. The van der Waals surface area contributed by atoms with Crippen LogP contribution in [0.4, 0.5) is 5.95 Å². The molecule has 4 N–H and O–H groups in total. The largest absolute Gasteiger partial charge is 0.491 e. The van der Waals surface area contributed by atoms with Crippen molar-refractivity contribution in [2.45, 2.75) is 6.04 Å². The lowest BCUT2D eigenvalue weighted by Crippen LogP contribution is -2.29. The second kappa shape index (κ2) is 6.83. The maximum atomic E-state index is 12.6. The van der Waals surface area contributed by atoms with Crippen LogP contribution in [0.25, 0.3) is 22.9 Å². The Balaban J connectivity index is 1.30. The van der Waals surface area contributed by atoms with Gasteiger partial charge in [0.05, 0.1) is 6.04 Å². The number of nitrogen functional groups attached to an aromatic ring is 1. The fourth-order valence-electron chi connectivity index (χ4n) is 3.31. The van der Waals surface area contributed by atoms with Gasteiger partial charge in [0.15, 0.2) is 11.6 Å². The average Bonchev–Trinajstić information content (AvgIpc) is 3.48. The molecule has 0 bridgehead atoms. The average molecular weight is 387 g/mol. The quantitative estimate of drug-likeness (QED) is 0.495. The molecule has 8 nitrogen and oxygen atoms in total. The summed E-state index contributed by atoms with van der Waals surface area (Å²) in [5, 5.41) is 9.52. The molecule has 1 atom stereocenters. The number of nitrogens with zero attached hydrogens (tertiary/aromatic N) is 2.